The van der Waals surface area contributed by atoms with Gasteiger partial charge in [-0.05, 0) is 25.2 Å². The van der Waals surface area contributed by atoms with Crippen molar-refractivity contribution < 1.29 is 14.6 Å². The normalized spacial score (nSPS) is 12.6. The topological polar surface area (TPSA) is 46.5 Å². The molecule has 0 aliphatic carbocycles. The molecule has 0 fully saturated rings. The lowest BCUT2D eigenvalue weighted by Crippen LogP contribution is -2.04. The third-order valence-corrected chi connectivity index (χ3v) is 1.92. The first-order valence-corrected chi connectivity index (χ1v) is 4.38. The van der Waals surface area contributed by atoms with Crippen LogP contribution in [0, 0.1) is 5.92 Å². The van der Waals surface area contributed by atoms with Crippen LogP contribution in [-0.2, 0) is 9.53 Å². The Morgan fingerprint density at radius 1 is 1.50 bits per heavy atom. The van der Waals surface area contributed by atoms with Crippen LogP contribution < -0.4 is 0 Å². The number of methoxy groups -OCH3 is 1. The van der Waals surface area contributed by atoms with Gasteiger partial charge in [-0.3, -0.25) is 4.79 Å². The molecule has 0 amide bonds. The number of hydrogen-bond donors (Lipinski definition) is 1. The van der Waals surface area contributed by atoms with E-state index in [4.69, 9.17) is 5.11 Å². The summed E-state index contributed by atoms with van der Waals surface area (Å²) in [5.41, 5.74) is 0. The summed E-state index contributed by atoms with van der Waals surface area (Å²) in [5.74, 6) is 0.349. The van der Waals surface area contributed by atoms with Gasteiger partial charge in [0, 0.05) is 13.0 Å². The van der Waals surface area contributed by atoms with Gasteiger partial charge in [0.25, 0.3) is 0 Å². The highest BCUT2D eigenvalue weighted by atomic mass is 16.5. The minimum atomic E-state index is -0.147. The van der Waals surface area contributed by atoms with E-state index in [1.165, 1.54) is 7.11 Å². The largest absolute Gasteiger partial charge is 0.469 e. The minimum Gasteiger partial charge on any atom is -0.469 e. The van der Waals surface area contributed by atoms with Crippen molar-refractivity contribution in [2.24, 2.45) is 5.92 Å². The maximum atomic E-state index is 10.7. The second-order valence-corrected chi connectivity index (χ2v) is 3.09. The monoisotopic (exact) mass is 174 g/mol. The molecule has 0 aromatic rings. The average molecular weight is 174 g/mol. The van der Waals surface area contributed by atoms with Gasteiger partial charge in [0.2, 0.25) is 0 Å². The fraction of sp³-hybridized carbons (Fsp3) is 0.889. The van der Waals surface area contributed by atoms with Gasteiger partial charge in [-0.1, -0.05) is 6.92 Å². The van der Waals surface area contributed by atoms with Crippen LogP contribution >= 0.6 is 0 Å². The summed E-state index contributed by atoms with van der Waals surface area (Å²) in [4.78, 5) is 10.7. The Kier molecular flexibility index (Phi) is 6.76. The number of aliphatic hydroxyl groups excluding tert-OH is 1. The van der Waals surface area contributed by atoms with Gasteiger partial charge in [0.05, 0.1) is 7.11 Å². The van der Waals surface area contributed by atoms with E-state index in [1.807, 2.05) is 0 Å². The van der Waals surface area contributed by atoms with Crippen molar-refractivity contribution in [2.45, 2.75) is 32.6 Å². The van der Waals surface area contributed by atoms with Gasteiger partial charge < -0.3 is 9.84 Å². The lowest BCUT2D eigenvalue weighted by Gasteiger charge is -2.08. The molecule has 0 heterocycles. The predicted octanol–water partition coefficient (Wildman–Crippen LogP) is 1.35. The summed E-state index contributed by atoms with van der Waals surface area (Å²) in [6.07, 6.45) is 3.14. The van der Waals surface area contributed by atoms with Crippen LogP contribution in [0.2, 0.25) is 0 Å². The molecule has 0 aromatic carbocycles. The maximum Gasteiger partial charge on any atom is 0.305 e. The molecule has 3 nitrogen and oxygen atoms in total. The van der Waals surface area contributed by atoms with E-state index in [1.54, 1.807) is 0 Å². The smallest absolute Gasteiger partial charge is 0.305 e. The number of esters is 1. The van der Waals surface area contributed by atoms with E-state index in [-0.39, 0.29) is 12.6 Å². The van der Waals surface area contributed by atoms with Crippen molar-refractivity contribution in [1.82, 2.24) is 0 Å². The van der Waals surface area contributed by atoms with Crippen LogP contribution in [0.4, 0.5) is 0 Å². The van der Waals surface area contributed by atoms with Crippen molar-refractivity contribution in [3.05, 3.63) is 0 Å². The number of rotatable bonds is 6. The fourth-order valence-electron chi connectivity index (χ4n) is 1.05. The zero-order valence-corrected chi connectivity index (χ0v) is 7.88. The number of carbonyl (C=O) groups is 1. The Bertz CT molecular complexity index is 123. The summed E-state index contributed by atoms with van der Waals surface area (Å²) in [6.45, 7) is 2.32. The molecule has 0 aliphatic heterocycles. The highest BCUT2D eigenvalue weighted by molar-refractivity contribution is 5.69. The molecular formula is C9H18O3. The van der Waals surface area contributed by atoms with Crippen molar-refractivity contribution in [1.29, 1.82) is 0 Å². The lowest BCUT2D eigenvalue weighted by atomic mass is 10.0. The van der Waals surface area contributed by atoms with Crippen molar-refractivity contribution >= 4 is 5.97 Å². The zero-order valence-electron chi connectivity index (χ0n) is 7.88. The van der Waals surface area contributed by atoms with E-state index in [2.05, 4.69) is 11.7 Å². The van der Waals surface area contributed by atoms with Gasteiger partial charge in [-0.15, -0.1) is 0 Å². The summed E-state index contributed by atoms with van der Waals surface area (Å²) >= 11 is 0. The third-order valence-electron chi connectivity index (χ3n) is 1.92. The highest BCUT2D eigenvalue weighted by Crippen LogP contribution is 2.12. The van der Waals surface area contributed by atoms with Gasteiger partial charge >= 0.3 is 5.97 Å². The zero-order chi connectivity index (χ0) is 9.40. The molecule has 1 atom stereocenters. The number of hydrogen-bond acceptors (Lipinski definition) is 3. The Morgan fingerprint density at radius 2 is 2.17 bits per heavy atom. The first-order valence-electron chi connectivity index (χ1n) is 4.38. The van der Waals surface area contributed by atoms with Crippen LogP contribution in [0.1, 0.15) is 32.6 Å². The molecule has 0 saturated heterocycles. The molecule has 0 aliphatic rings. The quantitative estimate of drug-likeness (QED) is 0.618. The molecule has 0 bridgehead atoms. The first kappa shape index (κ1) is 11.4. The second kappa shape index (κ2) is 7.10. The molecule has 1 N–H and O–H groups in total. The fourth-order valence-corrected chi connectivity index (χ4v) is 1.05. The molecule has 72 valence electrons. The van der Waals surface area contributed by atoms with E-state index >= 15 is 0 Å². The Morgan fingerprint density at radius 3 is 2.67 bits per heavy atom. The van der Waals surface area contributed by atoms with Gasteiger partial charge in [-0.25, -0.2) is 0 Å². The molecule has 0 spiro atoms. The van der Waals surface area contributed by atoms with Crippen molar-refractivity contribution in [2.75, 3.05) is 13.7 Å². The van der Waals surface area contributed by atoms with Gasteiger partial charge in [-0.2, -0.15) is 0 Å². The maximum absolute atomic E-state index is 10.7. The third kappa shape index (κ3) is 6.16. The summed E-state index contributed by atoms with van der Waals surface area (Å²) in [6, 6.07) is 0. The highest BCUT2D eigenvalue weighted by Gasteiger charge is 2.05. The van der Waals surface area contributed by atoms with Crippen LogP contribution in [0.15, 0.2) is 0 Å². The molecule has 0 rings (SSSR count). The Balaban J connectivity index is 3.30. The minimum absolute atomic E-state index is 0.147. The summed E-state index contributed by atoms with van der Waals surface area (Å²) < 4.78 is 4.52. The molecule has 0 radical (unpaired) electrons. The summed E-state index contributed by atoms with van der Waals surface area (Å²) in [5, 5.41) is 8.55. The predicted molar refractivity (Wildman–Crippen MR) is 46.7 cm³/mol. The van der Waals surface area contributed by atoms with Gasteiger partial charge in [0.1, 0.15) is 0 Å². The van der Waals surface area contributed by atoms with Crippen LogP contribution in [0.25, 0.3) is 0 Å². The van der Waals surface area contributed by atoms with E-state index < -0.39 is 0 Å². The molecule has 3 heteroatoms. The molecular weight excluding hydrogens is 156 g/mol. The number of aliphatic hydroxyl groups is 1. The SMILES string of the molecule is COC(=O)CC[C@H](C)CCCO. The lowest BCUT2D eigenvalue weighted by molar-refractivity contribution is -0.140. The van der Waals surface area contributed by atoms with Crippen molar-refractivity contribution in [3.8, 4) is 0 Å². The molecule has 0 aromatic heterocycles. The van der Waals surface area contributed by atoms with E-state index in [0.29, 0.717) is 12.3 Å². The van der Waals surface area contributed by atoms with E-state index in [0.717, 1.165) is 19.3 Å². The standard InChI is InChI=1S/C9H18O3/c1-8(4-3-7-10)5-6-9(11)12-2/h8,10H,3-7H2,1-2H3/t8-/m1/s1. The first-order chi connectivity index (χ1) is 5.70. The Labute approximate surface area is 73.7 Å². The van der Waals surface area contributed by atoms with Gasteiger partial charge in [0.15, 0.2) is 0 Å². The molecule has 0 unspecified atom stereocenters. The average Bonchev–Trinajstić information content (AvgIpc) is 2.10. The number of ether oxygens (including phenoxy) is 1. The van der Waals surface area contributed by atoms with Crippen molar-refractivity contribution in [3.63, 3.8) is 0 Å². The van der Waals surface area contributed by atoms with E-state index in [9.17, 15) is 4.79 Å². The van der Waals surface area contributed by atoms with Crippen LogP contribution in [0.5, 0.6) is 0 Å². The summed E-state index contributed by atoms with van der Waals surface area (Å²) in [7, 11) is 1.40. The second-order valence-electron chi connectivity index (χ2n) is 3.09. The molecule has 12 heavy (non-hydrogen) atoms. The van der Waals surface area contributed by atoms with Crippen LogP contribution in [0.3, 0.4) is 0 Å². The number of carbonyl (C=O) groups excluding carboxylic acids is 1. The Hall–Kier alpha value is -0.570. The molecule has 0 saturated carbocycles. The van der Waals surface area contributed by atoms with Crippen LogP contribution in [-0.4, -0.2) is 24.8 Å².